The first-order valence-corrected chi connectivity index (χ1v) is 6.57. The van der Waals surface area contributed by atoms with Crippen LogP contribution in [0.25, 0.3) is 0 Å². The van der Waals surface area contributed by atoms with Crippen LogP contribution in [0.2, 0.25) is 0 Å². The third kappa shape index (κ3) is 4.29. The number of ketones is 1. The van der Waals surface area contributed by atoms with Crippen LogP contribution in [-0.4, -0.2) is 41.5 Å². The van der Waals surface area contributed by atoms with Gasteiger partial charge in [0.05, 0.1) is 12.6 Å². The molecule has 2 N–H and O–H groups in total. The lowest BCUT2D eigenvalue weighted by atomic mass is 10.1. The smallest absolute Gasteiger partial charge is 0.410 e. The van der Waals surface area contributed by atoms with Crippen LogP contribution in [0.15, 0.2) is 0 Å². The summed E-state index contributed by atoms with van der Waals surface area (Å²) in [4.78, 5) is 25.5. The molecule has 0 aromatic carbocycles. The molecule has 5 heteroatoms. The van der Waals surface area contributed by atoms with Gasteiger partial charge < -0.3 is 10.5 Å². The second-order valence-electron chi connectivity index (χ2n) is 5.71. The maximum Gasteiger partial charge on any atom is 0.410 e. The van der Waals surface area contributed by atoms with Gasteiger partial charge in [-0.05, 0) is 33.6 Å². The molecule has 1 saturated heterocycles. The number of Topliss-reactive ketones (excluding diaryl/α,β-unsaturated/α-hetero) is 1. The highest BCUT2D eigenvalue weighted by atomic mass is 16.6. The number of carbonyl (C=O) groups excluding carboxylic acids is 2. The molecule has 0 radical (unpaired) electrons. The molecule has 0 spiro atoms. The summed E-state index contributed by atoms with van der Waals surface area (Å²) in [6, 6.07) is -0.410. The highest BCUT2D eigenvalue weighted by Gasteiger charge is 2.32. The van der Waals surface area contributed by atoms with Crippen molar-refractivity contribution in [3.05, 3.63) is 0 Å². The summed E-state index contributed by atoms with van der Waals surface area (Å²) in [5.74, 6) is -0.0808. The zero-order valence-corrected chi connectivity index (χ0v) is 11.6. The number of rotatable bonds is 2. The Hall–Kier alpha value is -1.10. The zero-order valence-electron chi connectivity index (χ0n) is 11.6. The predicted molar refractivity (Wildman–Crippen MR) is 69.3 cm³/mol. The van der Waals surface area contributed by atoms with Crippen molar-refractivity contribution in [3.63, 3.8) is 0 Å². The van der Waals surface area contributed by atoms with Gasteiger partial charge in [0.25, 0.3) is 0 Å². The van der Waals surface area contributed by atoms with Gasteiger partial charge in [0.1, 0.15) is 5.60 Å². The molecule has 1 rings (SSSR count). The molecule has 0 aromatic rings. The Morgan fingerprint density at radius 1 is 1.28 bits per heavy atom. The van der Waals surface area contributed by atoms with Crippen molar-refractivity contribution in [1.29, 1.82) is 0 Å². The van der Waals surface area contributed by atoms with E-state index in [4.69, 9.17) is 10.5 Å². The standard InChI is InChI=1S/C13H24N2O3/c1-13(2,3)18-12(17)15-8-6-4-5-7-10(15)11(16)9-14/h10H,4-9,14H2,1-3H3. The minimum absolute atomic E-state index is 0.0238. The van der Waals surface area contributed by atoms with Crippen LogP contribution in [0.4, 0.5) is 4.79 Å². The van der Waals surface area contributed by atoms with E-state index in [9.17, 15) is 9.59 Å². The number of ether oxygens (including phenoxy) is 1. The normalized spacial score (nSPS) is 21.3. The first-order valence-electron chi connectivity index (χ1n) is 6.57. The first kappa shape index (κ1) is 15.0. The van der Waals surface area contributed by atoms with Crippen molar-refractivity contribution in [2.75, 3.05) is 13.1 Å². The number of hydrogen-bond acceptors (Lipinski definition) is 4. The Morgan fingerprint density at radius 2 is 1.94 bits per heavy atom. The second kappa shape index (κ2) is 6.18. The molecule has 18 heavy (non-hydrogen) atoms. The lowest BCUT2D eigenvalue weighted by Gasteiger charge is -2.31. The van der Waals surface area contributed by atoms with E-state index < -0.39 is 17.7 Å². The summed E-state index contributed by atoms with van der Waals surface area (Å²) >= 11 is 0. The summed E-state index contributed by atoms with van der Waals surface area (Å²) in [5, 5.41) is 0. The summed E-state index contributed by atoms with van der Waals surface area (Å²) in [6.07, 6.45) is 3.18. The Kier molecular flexibility index (Phi) is 5.14. The lowest BCUT2D eigenvalue weighted by Crippen LogP contribution is -2.48. The summed E-state index contributed by atoms with van der Waals surface area (Å²) < 4.78 is 5.35. The van der Waals surface area contributed by atoms with Crippen LogP contribution in [0, 0.1) is 0 Å². The van der Waals surface area contributed by atoms with Gasteiger partial charge >= 0.3 is 6.09 Å². The molecule has 0 saturated carbocycles. The third-order valence-corrected chi connectivity index (χ3v) is 2.95. The highest BCUT2D eigenvalue weighted by Crippen LogP contribution is 2.20. The minimum atomic E-state index is -0.542. The topological polar surface area (TPSA) is 72.6 Å². The van der Waals surface area contributed by atoms with Crippen LogP contribution in [0.5, 0.6) is 0 Å². The SMILES string of the molecule is CC(C)(C)OC(=O)N1CCCCCC1C(=O)CN. The molecule has 104 valence electrons. The molecule has 1 unspecified atom stereocenters. The summed E-state index contributed by atoms with van der Waals surface area (Å²) in [7, 11) is 0. The van der Waals surface area contributed by atoms with Crippen molar-refractivity contribution in [1.82, 2.24) is 4.90 Å². The number of likely N-dealkylation sites (tertiary alicyclic amines) is 1. The summed E-state index contributed by atoms with van der Waals surface area (Å²) in [6.45, 7) is 6.02. The monoisotopic (exact) mass is 256 g/mol. The molecule has 0 bridgehead atoms. The first-order chi connectivity index (χ1) is 8.35. The van der Waals surface area contributed by atoms with E-state index in [0.717, 1.165) is 19.3 Å². The van der Waals surface area contributed by atoms with Crippen LogP contribution in [0.3, 0.4) is 0 Å². The molecule has 1 heterocycles. The second-order valence-corrected chi connectivity index (χ2v) is 5.71. The van der Waals surface area contributed by atoms with Crippen molar-refractivity contribution in [3.8, 4) is 0 Å². The van der Waals surface area contributed by atoms with Crippen molar-refractivity contribution in [2.45, 2.75) is 58.1 Å². The Labute approximate surface area is 109 Å². The quantitative estimate of drug-likeness (QED) is 0.816. The fourth-order valence-corrected chi connectivity index (χ4v) is 2.12. The Morgan fingerprint density at radius 3 is 2.50 bits per heavy atom. The van der Waals surface area contributed by atoms with Gasteiger partial charge in [-0.15, -0.1) is 0 Å². The lowest BCUT2D eigenvalue weighted by molar-refractivity contribution is -0.123. The Bertz CT molecular complexity index is 310. The Balaban J connectivity index is 2.79. The molecule has 1 aliphatic heterocycles. The highest BCUT2D eigenvalue weighted by molar-refractivity contribution is 5.88. The summed E-state index contributed by atoms with van der Waals surface area (Å²) in [5.41, 5.74) is 4.87. The third-order valence-electron chi connectivity index (χ3n) is 2.95. The predicted octanol–water partition coefficient (Wildman–Crippen LogP) is 1.69. The van der Waals surface area contributed by atoms with Crippen LogP contribution < -0.4 is 5.73 Å². The molecule has 1 fully saturated rings. The largest absolute Gasteiger partial charge is 0.444 e. The molecular formula is C13H24N2O3. The van der Waals surface area contributed by atoms with Crippen molar-refractivity contribution in [2.24, 2.45) is 5.73 Å². The number of nitrogens with zero attached hydrogens (tertiary/aromatic N) is 1. The molecule has 5 nitrogen and oxygen atoms in total. The molecule has 1 aliphatic rings. The van der Waals surface area contributed by atoms with E-state index in [1.54, 1.807) is 4.90 Å². The van der Waals surface area contributed by atoms with Crippen molar-refractivity contribution < 1.29 is 14.3 Å². The average Bonchev–Trinajstić information content (AvgIpc) is 2.50. The van der Waals surface area contributed by atoms with Gasteiger partial charge in [0.2, 0.25) is 0 Å². The number of hydrogen-bond donors (Lipinski definition) is 1. The van der Waals surface area contributed by atoms with Crippen LogP contribution in [-0.2, 0) is 9.53 Å². The molecule has 1 atom stereocenters. The number of amides is 1. The van der Waals surface area contributed by atoms with E-state index in [0.29, 0.717) is 13.0 Å². The molecule has 0 aromatic heterocycles. The van der Waals surface area contributed by atoms with E-state index >= 15 is 0 Å². The fraction of sp³-hybridized carbons (Fsp3) is 0.846. The molecule has 1 amide bonds. The fourth-order valence-electron chi connectivity index (χ4n) is 2.12. The van der Waals surface area contributed by atoms with Gasteiger partial charge in [0, 0.05) is 6.54 Å². The van der Waals surface area contributed by atoms with Crippen LogP contribution >= 0.6 is 0 Å². The van der Waals surface area contributed by atoms with Gasteiger partial charge in [-0.1, -0.05) is 12.8 Å². The van der Waals surface area contributed by atoms with Crippen molar-refractivity contribution >= 4 is 11.9 Å². The van der Waals surface area contributed by atoms with E-state index in [1.807, 2.05) is 20.8 Å². The van der Waals surface area contributed by atoms with E-state index in [-0.39, 0.29) is 12.3 Å². The number of carbonyl (C=O) groups is 2. The molecule has 0 aliphatic carbocycles. The minimum Gasteiger partial charge on any atom is -0.444 e. The van der Waals surface area contributed by atoms with Gasteiger partial charge in [-0.2, -0.15) is 0 Å². The van der Waals surface area contributed by atoms with Gasteiger partial charge in [-0.25, -0.2) is 4.79 Å². The maximum atomic E-state index is 12.1. The average molecular weight is 256 g/mol. The maximum absolute atomic E-state index is 12.1. The van der Waals surface area contributed by atoms with E-state index in [1.165, 1.54) is 0 Å². The van der Waals surface area contributed by atoms with E-state index in [2.05, 4.69) is 0 Å². The van der Waals surface area contributed by atoms with Gasteiger partial charge in [-0.3, -0.25) is 9.69 Å². The van der Waals surface area contributed by atoms with Gasteiger partial charge in [0.15, 0.2) is 5.78 Å². The molecular weight excluding hydrogens is 232 g/mol. The zero-order chi connectivity index (χ0) is 13.8. The van der Waals surface area contributed by atoms with Crippen LogP contribution in [0.1, 0.15) is 46.5 Å². The number of nitrogens with two attached hydrogens (primary N) is 1.